The van der Waals surface area contributed by atoms with Crippen molar-refractivity contribution in [1.29, 1.82) is 0 Å². The fourth-order valence-corrected chi connectivity index (χ4v) is 2.53. The van der Waals surface area contributed by atoms with E-state index in [4.69, 9.17) is 5.73 Å². The molecule has 1 amide bonds. The van der Waals surface area contributed by atoms with E-state index in [-0.39, 0.29) is 5.75 Å². The highest BCUT2D eigenvalue weighted by Gasteiger charge is 2.26. The number of amides is 1. The van der Waals surface area contributed by atoms with E-state index in [0.717, 1.165) is 7.11 Å². The Morgan fingerprint density at radius 2 is 2.00 bits per heavy atom. The van der Waals surface area contributed by atoms with E-state index in [1.807, 2.05) is 6.92 Å². The normalized spacial score (nSPS) is 13.1. The molecule has 0 heterocycles. The zero-order chi connectivity index (χ0) is 13.5. The van der Waals surface area contributed by atoms with Crippen molar-refractivity contribution in [2.75, 3.05) is 12.9 Å². The van der Waals surface area contributed by atoms with E-state index in [2.05, 4.69) is 9.46 Å². The van der Waals surface area contributed by atoms with E-state index in [9.17, 15) is 18.0 Å². The van der Waals surface area contributed by atoms with Gasteiger partial charge in [-0.15, -0.1) is 0 Å². The summed E-state index contributed by atoms with van der Waals surface area (Å²) in [7, 11) is -2.49. The topological polar surface area (TPSA) is 116 Å². The van der Waals surface area contributed by atoms with Crippen molar-refractivity contribution in [2.24, 2.45) is 5.73 Å². The van der Waals surface area contributed by atoms with Gasteiger partial charge in [-0.3, -0.25) is 9.59 Å². The Labute approximate surface area is 101 Å². The molecule has 17 heavy (non-hydrogen) atoms. The molecule has 0 aliphatic carbocycles. The van der Waals surface area contributed by atoms with Gasteiger partial charge in [-0.2, -0.15) is 0 Å². The zero-order valence-corrected chi connectivity index (χ0v) is 10.7. The van der Waals surface area contributed by atoms with Gasteiger partial charge < -0.3 is 10.5 Å². The molecule has 0 radical (unpaired) electrons. The first-order valence-electron chi connectivity index (χ1n) is 5.18. The Hall–Kier alpha value is -1.15. The lowest BCUT2D eigenvalue weighted by Gasteiger charge is -2.14. The van der Waals surface area contributed by atoms with E-state index >= 15 is 0 Å². The van der Waals surface area contributed by atoms with E-state index < -0.39 is 34.4 Å². The summed E-state index contributed by atoms with van der Waals surface area (Å²) in [4.78, 5) is 22.0. The zero-order valence-electron chi connectivity index (χ0n) is 9.93. The number of carbonyl (C=O) groups is 2. The minimum absolute atomic E-state index is 0.101. The fraction of sp³-hybridized carbons (Fsp3) is 0.778. The summed E-state index contributed by atoms with van der Waals surface area (Å²) >= 11 is 0. The molecule has 0 aromatic carbocycles. The summed E-state index contributed by atoms with van der Waals surface area (Å²) in [5.41, 5.74) is 4.92. The third-order valence-corrected chi connectivity index (χ3v) is 3.45. The van der Waals surface area contributed by atoms with Gasteiger partial charge in [-0.1, -0.05) is 13.3 Å². The first-order valence-corrected chi connectivity index (χ1v) is 6.83. The highest BCUT2D eigenvalue weighted by atomic mass is 32.2. The van der Waals surface area contributed by atoms with Crippen LogP contribution in [0.4, 0.5) is 0 Å². The maximum absolute atomic E-state index is 11.5. The van der Waals surface area contributed by atoms with E-state index in [1.165, 1.54) is 0 Å². The van der Waals surface area contributed by atoms with Crippen LogP contribution in [0.3, 0.4) is 0 Å². The van der Waals surface area contributed by atoms with Crippen LogP contribution in [0.5, 0.6) is 0 Å². The number of hydrogen-bond acceptors (Lipinski definition) is 5. The van der Waals surface area contributed by atoms with Crippen LogP contribution in [0, 0.1) is 0 Å². The van der Waals surface area contributed by atoms with Gasteiger partial charge in [-0.25, -0.2) is 13.1 Å². The lowest BCUT2D eigenvalue weighted by molar-refractivity contribution is -0.144. The fourth-order valence-electron chi connectivity index (χ4n) is 1.13. The van der Waals surface area contributed by atoms with Crippen LogP contribution in [-0.2, 0) is 24.3 Å². The summed E-state index contributed by atoms with van der Waals surface area (Å²) in [5.74, 6) is -1.71. The predicted octanol–water partition coefficient (Wildman–Crippen LogP) is -0.877. The summed E-state index contributed by atoms with van der Waals surface area (Å²) in [6.45, 7) is 1.84. The van der Waals surface area contributed by atoms with Crippen LogP contribution in [-0.4, -0.2) is 39.2 Å². The Morgan fingerprint density at radius 3 is 2.41 bits per heavy atom. The third kappa shape index (κ3) is 6.90. The van der Waals surface area contributed by atoms with Crippen molar-refractivity contribution in [2.45, 2.75) is 32.2 Å². The standard InChI is InChI=1S/C9H18N2O5S/c1-3-4-5-17(14,15)11-7(6-8(10)12)9(13)16-2/h7,11H,3-6H2,1-2H3,(H2,10,12). The molecule has 0 saturated carbocycles. The number of primary amides is 1. The summed E-state index contributed by atoms with van der Waals surface area (Å²) in [6.07, 6.45) is 0.761. The molecule has 0 aromatic heterocycles. The lowest BCUT2D eigenvalue weighted by Crippen LogP contribution is -2.44. The van der Waals surface area contributed by atoms with Gasteiger partial charge >= 0.3 is 5.97 Å². The predicted molar refractivity (Wildman–Crippen MR) is 61.4 cm³/mol. The van der Waals surface area contributed by atoms with Crippen molar-refractivity contribution >= 4 is 21.9 Å². The molecule has 7 nitrogen and oxygen atoms in total. The summed E-state index contributed by atoms with van der Waals surface area (Å²) in [5, 5.41) is 0. The number of methoxy groups -OCH3 is 1. The number of esters is 1. The number of nitrogens with two attached hydrogens (primary N) is 1. The van der Waals surface area contributed by atoms with Gasteiger partial charge in [0.25, 0.3) is 0 Å². The molecule has 0 aromatic rings. The SMILES string of the molecule is CCCCS(=O)(=O)NC(CC(N)=O)C(=O)OC. The number of sulfonamides is 1. The first-order chi connectivity index (χ1) is 7.82. The van der Waals surface area contributed by atoms with Crippen LogP contribution >= 0.6 is 0 Å². The molecule has 0 spiro atoms. The molecule has 0 rings (SSSR count). The van der Waals surface area contributed by atoms with E-state index in [1.54, 1.807) is 0 Å². The maximum Gasteiger partial charge on any atom is 0.324 e. The second kappa shape index (κ2) is 7.23. The second-order valence-corrected chi connectivity index (χ2v) is 5.41. The Kier molecular flexibility index (Phi) is 6.74. The summed E-state index contributed by atoms with van der Waals surface area (Å²) < 4.78 is 29.6. The molecule has 0 aliphatic heterocycles. The molecule has 0 bridgehead atoms. The van der Waals surface area contributed by atoms with Crippen molar-refractivity contribution in [3.63, 3.8) is 0 Å². The largest absolute Gasteiger partial charge is 0.468 e. The van der Waals surface area contributed by atoms with Gasteiger partial charge in [0.15, 0.2) is 0 Å². The number of rotatable bonds is 8. The number of unbranched alkanes of at least 4 members (excludes halogenated alkanes) is 1. The van der Waals surface area contributed by atoms with Crippen LogP contribution in [0.2, 0.25) is 0 Å². The molecular formula is C9H18N2O5S. The van der Waals surface area contributed by atoms with Gasteiger partial charge in [0.1, 0.15) is 6.04 Å². The molecule has 1 unspecified atom stereocenters. The Morgan fingerprint density at radius 1 is 1.41 bits per heavy atom. The average molecular weight is 266 g/mol. The van der Waals surface area contributed by atoms with Gasteiger partial charge in [-0.05, 0) is 6.42 Å². The number of nitrogens with one attached hydrogen (secondary N) is 1. The molecule has 3 N–H and O–H groups in total. The van der Waals surface area contributed by atoms with Crippen LogP contribution in [0.25, 0.3) is 0 Å². The highest BCUT2D eigenvalue weighted by Crippen LogP contribution is 2.00. The second-order valence-electron chi connectivity index (χ2n) is 3.54. The average Bonchev–Trinajstić information content (AvgIpc) is 2.23. The number of ether oxygens (including phenoxy) is 1. The van der Waals surface area contributed by atoms with Gasteiger partial charge in [0, 0.05) is 0 Å². The quantitative estimate of drug-likeness (QED) is 0.554. The monoisotopic (exact) mass is 266 g/mol. The number of hydrogen-bond donors (Lipinski definition) is 2. The van der Waals surface area contributed by atoms with Crippen molar-refractivity contribution in [1.82, 2.24) is 4.72 Å². The Balaban J connectivity index is 4.62. The Bertz CT molecular complexity index is 366. The number of carbonyl (C=O) groups excluding carboxylic acids is 2. The highest BCUT2D eigenvalue weighted by molar-refractivity contribution is 7.89. The van der Waals surface area contributed by atoms with Crippen LogP contribution < -0.4 is 10.5 Å². The van der Waals surface area contributed by atoms with Crippen molar-refractivity contribution in [3.8, 4) is 0 Å². The van der Waals surface area contributed by atoms with Crippen LogP contribution in [0.1, 0.15) is 26.2 Å². The van der Waals surface area contributed by atoms with Crippen molar-refractivity contribution < 1.29 is 22.7 Å². The molecule has 0 aliphatic rings. The minimum atomic E-state index is -3.60. The van der Waals surface area contributed by atoms with E-state index in [0.29, 0.717) is 12.8 Å². The lowest BCUT2D eigenvalue weighted by atomic mass is 10.2. The molecule has 8 heteroatoms. The summed E-state index contributed by atoms with van der Waals surface area (Å²) in [6, 6.07) is -1.25. The maximum atomic E-state index is 11.5. The molecule has 0 saturated heterocycles. The molecule has 1 atom stereocenters. The minimum Gasteiger partial charge on any atom is -0.468 e. The van der Waals surface area contributed by atoms with Crippen molar-refractivity contribution in [3.05, 3.63) is 0 Å². The molecule has 0 fully saturated rings. The van der Waals surface area contributed by atoms with Crippen LogP contribution in [0.15, 0.2) is 0 Å². The smallest absolute Gasteiger partial charge is 0.324 e. The van der Waals surface area contributed by atoms with Gasteiger partial charge in [0.05, 0.1) is 19.3 Å². The van der Waals surface area contributed by atoms with Gasteiger partial charge in [0.2, 0.25) is 15.9 Å². The molecule has 100 valence electrons. The first kappa shape index (κ1) is 15.9. The molecular weight excluding hydrogens is 248 g/mol. The third-order valence-electron chi connectivity index (χ3n) is 1.98.